The number of halogens is 1. The number of nitrogens with two attached hydrogens (primary N) is 1. The molecular formula is C10H13BrN4. The zero-order chi connectivity index (χ0) is 11.4. The number of aromatic nitrogens is 1. The fraction of sp³-hybridized carbons (Fsp3) is 0.400. The molecular weight excluding hydrogens is 256 g/mol. The number of nitrogens with zero attached hydrogens (tertiary/aromatic N) is 3. The summed E-state index contributed by atoms with van der Waals surface area (Å²) < 4.78 is 0.852. The fourth-order valence-electron chi connectivity index (χ4n) is 1.30. The van der Waals surface area contributed by atoms with Crippen LogP contribution in [0.5, 0.6) is 0 Å². The molecule has 0 aliphatic carbocycles. The van der Waals surface area contributed by atoms with Crippen LogP contribution in [0.2, 0.25) is 0 Å². The molecule has 1 heterocycles. The van der Waals surface area contributed by atoms with E-state index in [1.165, 1.54) is 0 Å². The number of anilines is 2. The van der Waals surface area contributed by atoms with Crippen LogP contribution < -0.4 is 10.6 Å². The van der Waals surface area contributed by atoms with Crippen molar-refractivity contribution in [3.63, 3.8) is 0 Å². The first-order valence-electron chi connectivity index (χ1n) is 4.56. The first-order valence-corrected chi connectivity index (χ1v) is 5.35. The summed E-state index contributed by atoms with van der Waals surface area (Å²) in [5.74, 6) is 0.667. The average Bonchev–Trinajstić information content (AvgIpc) is 2.17. The van der Waals surface area contributed by atoms with E-state index in [2.05, 4.69) is 27.0 Å². The van der Waals surface area contributed by atoms with Gasteiger partial charge in [0.2, 0.25) is 0 Å². The van der Waals surface area contributed by atoms with Crippen molar-refractivity contribution in [1.82, 2.24) is 4.98 Å². The molecule has 0 fully saturated rings. The van der Waals surface area contributed by atoms with Gasteiger partial charge in [0.15, 0.2) is 5.82 Å². The van der Waals surface area contributed by atoms with E-state index in [-0.39, 0.29) is 5.92 Å². The van der Waals surface area contributed by atoms with Crippen LogP contribution in [0.15, 0.2) is 16.7 Å². The van der Waals surface area contributed by atoms with Gasteiger partial charge in [-0.05, 0) is 28.9 Å². The Balaban J connectivity index is 2.83. The Morgan fingerprint density at radius 1 is 1.73 bits per heavy atom. The zero-order valence-electron chi connectivity index (χ0n) is 8.74. The molecule has 1 rings (SSSR count). The van der Waals surface area contributed by atoms with E-state index in [9.17, 15) is 0 Å². The van der Waals surface area contributed by atoms with E-state index in [4.69, 9.17) is 11.0 Å². The fourth-order valence-corrected chi connectivity index (χ4v) is 1.65. The number of hydrogen-bond acceptors (Lipinski definition) is 4. The van der Waals surface area contributed by atoms with Gasteiger partial charge in [-0.25, -0.2) is 4.98 Å². The van der Waals surface area contributed by atoms with Crippen molar-refractivity contribution in [1.29, 1.82) is 5.26 Å². The third kappa shape index (κ3) is 3.10. The summed E-state index contributed by atoms with van der Waals surface area (Å²) in [7, 11) is 1.88. The van der Waals surface area contributed by atoms with Crippen molar-refractivity contribution in [3.8, 4) is 6.07 Å². The van der Waals surface area contributed by atoms with Crippen molar-refractivity contribution in [2.45, 2.75) is 6.92 Å². The lowest BCUT2D eigenvalue weighted by atomic mass is 10.2. The minimum absolute atomic E-state index is 0.0418. The molecule has 1 aromatic rings. The molecule has 1 aromatic heterocycles. The molecule has 15 heavy (non-hydrogen) atoms. The third-order valence-corrected chi connectivity index (χ3v) is 2.43. The highest BCUT2D eigenvalue weighted by atomic mass is 79.9. The van der Waals surface area contributed by atoms with Gasteiger partial charge in [0, 0.05) is 24.3 Å². The first-order chi connectivity index (χ1) is 7.04. The Morgan fingerprint density at radius 2 is 2.40 bits per heavy atom. The van der Waals surface area contributed by atoms with E-state index >= 15 is 0 Å². The molecule has 1 unspecified atom stereocenters. The van der Waals surface area contributed by atoms with Gasteiger partial charge >= 0.3 is 0 Å². The van der Waals surface area contributed by atoms with Crippen LogP contribution in [-0.2, 0) is 0 Å². The summed E-state index contributed by atoms with van der Waals surface area (Å²) in [6.07, 6.45) is 1.69. The Hall–Kier alpha value is -1.28. The molecule has 0 spiro atoms. The van der Waals surface area contributed by atoms with E-state index in [1.807, 2.05) is 18.9 Å². The Morgan fingerprint density at radius 3 is 2.93 bits per heavy atom. The molecule has 2 N–H and O–H groups in total. The largest absolute Gasteiger partial charge is 0.396 e. The van der Waals surface area contributed by atoms with Crippen molar-refractivity contribution in [2.75, 3.05) is 24.2 Å². The molecule has 4 nitrogen and oxygen atoms in total. The minimum atomic E-state index is -0.0418. The maximum Gasteiger partial charge on any atom is 0.151 e. The van der Waals surface area contributed by atoms with Gasteiger partial charge in [0.05, 0.1) is 17.7 Å². The Bertz CT molecular complexity index is 385. The number of rotatable bonds is 3. The molecule has 0 saturated heterocycles. The quantitative estimate of drug-likeness (QED) is 0.911. The minimum Gasteiger partial charge on any atom is -0.396 e. The van der Waals surface area contributed by atoms with Gasteiger partial charge < -0.3 is 10.6 Å². The van der Waals surface area contributed by atoms with E-state index < -0.39 is 0 Å². The normalized spacial score (nSPS) is 11.9. The molecule has 0 amide bonds. The molecule has 0 aliphatic rings. The zero-order valence-corrected chi connectivity index (χ0v) is 10.3. The Labute approximate surface area is 97.8 Å². The smallest absolute Gasteiger partial charge is 0.151 e. The topological polar surface area (TPSA) is 65.9 Å². The summed E-state index contributed by atoms with van der Waals surface area (Å²) in [6, 6.07) is 3.98. The van der Waals surface area contributed by atoms with Crippen molar-refractivity contribution >= 4 is 27.4 Å². The second-order valence-electron chi connectivity index (χ2n) is 3.48. The maximum absolute atomic E-state index is 8.71. The van der Waals surface area contributed by atoms with Crippen LogP contribution in [0, 0.1) is 17.2 Å². The molecule has 0 radical (unpaired) electrons. The molecule has 5 heteroatoms. The maximum atomic E-state index is 8.71. The summed E-state index contributed by atoms with van der Waals surface area (Å²) >= 11 is 3.30. The van der Waals surface area contributed by atoms with Gasteiger partial charge in [0.25, 0.3) is 0 Å². The molecule has 0 bridgehead atoms. The predicted molar refractivity (Wildman–Crippen MR) is 64.4 cm³/mol. The second-order valence-corrected chi connectivity index (χ2v) is 4.39. The number of hydrogen-bond donors (Lipinski definition) is 1. The summed E-state index contributed by atoms with van der Waals surface area (Å²) in [5.41, 5.74) is 6.43. The van der Waals surface area contributed by atoms with Gasteiger partial charge in [-0.15, -0.1) is 0 Å². The van der Waals surface area contributed by atoms with Crippen molar-refractivity contribution in [3.05, 3.63) is 16.7 Å². The molecule has 80 valence electrons. The van der Waals surface area contributed by atoms with Crippen LogP contribution in [-0.4, -0.2) is 18.6 Å². The molecule has 1 atom stereocenters. The summed E-state index contributed by atoms with van der Waals surface area (Å²) in [6.45, 7) is 2.49. The highest BCUT2D eigenvalue weighted by molar-refractivity contribution is 9.10. The van der Waals surface area contributed by atoms with E-state index in [1.54, 1.807) is 12.3 Å². The lowest BCUT2D eigenvalue weighted by Crippen LogP contribution is -2.25. The molecule has 0 saturated carbocycles. The third-order valence-electron chi connectivity index (χ3n) is 1.99. The van der Waals surface area contributed by atoms with Crippen LogP contribution in [0.1, 0.15) is 6.92 Å². The van der Waals surface area contributed by atoms with E-state index in [0.29, 0.717) is 18.1 Å². The highest BCUT2D eigenvalue weighted by Crippen LogP contribution is 2.23. The number of pyridine rings is 1. The molecule has 0 aliphatic heterocycles. The van der Waals surface area contributed by atoms with Crippen LogP contribution in [0.4, 0.5) is 11.5 Å². The highest BCUT2D eigenvalue weighted by Gasteiger charge is 2.10. The average molecular weight is 269 g/mol. The second kappa shape index (κ2) is 4.99. The standard InChI is InChI=1S/C10H13BrN4/c1-7(4-12)6-15(2)10-9(13)3-8(11)5-14-10/h3,5,7H,6,13H2,1-2H3. The first kappa shape index (κ1) is 11.8. The van der Waals surface area contributed by atoms with Crippen molar-refractivity contribution < 1.29 is 0 Å². The lowest BCUT2D eigenvalue weighted by Gasteiger charge is -2.20. The summed E-state index contributed by atoms with van der Waals surface area (Å²) in [4.78, 5) is 6.09. The molecule has 0 aromatic carbocycles. The van der Waals surface area contributed by atoms with Gasteiger partial charge in [0.1, 0.15) is 0 Å². The van der Waals surface area contributed by atoms with Gasteiger partial charge in [-0.1, -0.05) is 0 Å². The summed E-state index contributed by atoms with van der Waals surface area (Å²) in [5, 5.41) is 8.71. The van der Waals surface area contributed by atoms with Crippen LogP contribution in [0.25, 0.3) is 0 Å². The van der Waals surface area contributed by atoms with Crippen LogP contribution in [0.3, 0.4) is 0 Å². The van der Waals surface area contributed by atoms with Gasteiger partial charge in [-0.2, -0.15) is 5.26 Å². The monoisotopic (exact) mass is 268 g/mol. The lowest BCUT2D eigenvalue weighted by molar-refractivity contribution is 0.711. The number of nitrogen functional groups attached to an aromatic ring is 1. The van der Waals surface area contributed by atoms with Gasteiger partial charge in [-0.3, -0.25) is 0 Å². The SMILES string of the molecule is CC(C#N)CN(C)c1ncc(Br)cc1N. The van der Waals surface area contributed by atoms with E-state index in [0.717, 1.165) is 4.47 Å². The van der Waals surface area contributed by atoms with Crippen molar-refractivity contribution in [2.24, 2.45) is 5.92 Å². The van der Waals surface area contributed by atoms with Crippen LogP contribution >= 0.6 is 15.9 Å². The number of nitriles is 1. The Kier molecular flexibility index (Phi) is 3.92. The predicted octanol–water partition coefficient (Wildman–Crippen LogP) is 2.02.